The molecule has 0 bridgehead atoms. The van der Waals surface area contributed by atoms with Crippen LogP contribution >= 0.6 is 11.3 Å². The van der Waals surface area contributed by atoms with E-state index in [-0.39, 0.29) is 18.0 Å². The van der Waals surface area contributed by atoms with E-state index in [1.165, 1.54) is 15.3 Å². The number of benzene rings is 2. The molecule has 1 saturated heterocycles. The van der Waals surface area contributed by atoms with Gasteiger partial charge >= 0.3 is 0 Å². The minimum atomic E-state index is -0.0943. The zero-order chi connectivity index (χ0) is 20.7. The van der Waals surface area contributed by atoms with Gasteiger partial charge in [-0.3, -0.25) is 14.6 Å². The number of para-hydroxylation sites is 2. The molecule has 3 heterocycles. The third kappa shape index (κ3) is 3.64. The summed E-state index contributed by atoms with van der Waals surface area (Å²) < 4.78 is 1.25. The van der Waals surface area contributed by atoms with Crippen LogP contribution in [0.15, 0.2) is 48.5 Å². The second-order valence-electron chi connectivity index (χ2n) is 8.45. The Kier molecular flexibility index (Phi) is 5.31. The Morgan fingerprint density at radius 3 is 2.63 bits per heavy atom. The Morgan fingerprint density at radius 1 is 1.10 bits per heavy atom. The molecule has 5 nitrogen and oxygen atoms in total. The quantitative estimate of drug-likeness (QED) is 0.644. The normalized spacial score (nSPS) is 21.1. The molecule has 0 aliphatic carbocycles. The van der Waals surface area contributed by atoms with Gasteiger partial charge in [0.2, 0.25) is 5.91 Å². The summed E-state index contributed by atoms with van der Waals surface area (Å²) in [6, 6.07) is 16.8. The van der Waals surface area contributed by atoms with Crippen molar-refractivity contribution in [1.82, 2.24) is 14.8 Å². The predicted octanol–water partition coefficient (Wildman–Crippen LogP) is 3.78. The number of fused-ring (bicyclic) bond motifs is 2. The lowest BCUT2D eigenvalue weighted by atomic mass is 10.1. The van der Waals surface area contributed by atoms with Gasteiger partial charge in [0.05, 0.1) is 22.8 Å². The third-order valence-electron chi connectivity index (χ3n) is 6.45. The molecular weight excluding hydrogens is 392 g/mol. The molecule has 5 rings (SSSR count). The number of anilines is 1. The van der Waals surface area contributed by atoms with Crippen molar-refractivity contribution in [2.24, 2.45) is 0 Å². The topological polar surface area (TPSA) is 39.7 Å². The summed E-state index contributed by atoms with van der Waals surface area (Å²) in [4.78, 5) is 24.9. The summed E-state index contributed by atoms with van der Waals surface area (Å²) >= 11 is 1.79. The summed E-state index contributed by atoms with van der Waals surface area (Å²) in [7, 11) is 0. The summed E-state index contributed by atoms with van der Waals surface area (Å²) in [6.07, 6.45) is 0.949. The van der Waals surface area contributed by atoms with Gasteiger partial charge in [0.15, 0.2) is 0 Å². The molecule has 2 aromatic carbocycles. The average Bonchev–Trinajstić information content (AvgIpc) is 3.32. The van der Waals surface area contributed by atoms with Gasteiger partial charge in [-0.1, -0.05) is 30.3 Å². The number of thiazole rings is 1. The number of amides is 1. The van der Waals surface area contributed by atoms with Crippen LogP contribution < -0.4 is 4.90 Å². The lowest BCUT2D eigenvalue weighted by Gasteiger charge is -2.39. The number of nitrogens with zero attached hydrogens (tertiary/aromatic N) is 4. The second-order valence-corrected chi connectivity index (χ2v) is 9.57. The minimum absolute atomic E-state index is 0.0943. The molecule has 0 saturated carbocycles. The summed E-state index contributed by atoms with van der Waals surface area (Å²) in [5, 5.41) is 1.18. The number of carbonyl (C=O) groups is 1. The number of piperazine rings is 1. The highest BCUT2D eigenvalue weighted by atomic mass is 32.1. The van der Waals surface area contributed by atoms with E-state index in [1.54, 1.807) is 11.3 Å². The van der Waals surface area contributed by atoms with Crippen molar-refractivity contribution in [2.45, 2.75) is 38.9 Å². The largest absolute Gasteiger partial charge is 0.308 e. The number of rotatable bonds is 4. The molecule has 156 valence electrons. The molecule has 0 unspecified atom stereocenters. The van der Waals surface area contributed by atoms with Gasteiger partial charge in [-0.25, -0.2) is 4.98 Å². The van der Waals surface area contributed by atoms with Gasteiger partial charge in [0.25, 0.3) is 0 Å². The van der Waals surface area contributed by atoms with E-state index in [4.69, 9.17) is 4.98 Å². The maximum atomic E-state index is 13.4. The van der Waals surface area contributed by atoms with E-state index in [1.807, 2.05) is 17.0 Å². The number of aromatic nitrogens is 1. The fourth-order valence-electron chi connectivity index (χ4n) is 4.75. The monoisotopic (exact) mass is 420 g/mol. The molecule has 30 heavy (non-hydrogen) atoms. The first-order valence-corrected chi connectivity index (χ1v) is 11.6. The van der Waals surface area contributed by atoms with E-state index in [2.05, 4.69) is 60.0 Å². The minimum Gasteiger partial charge on any atom is -0.308 e. The van der Waals surface area contributed by atoms with Gasteiger partial charge in [0, 0.05) is 37.9 Å². The van der Waals surface area contributed by atoms with Gasteiger partial charge in [0.1, 0.15) is 5.01 Å². The molecule has 0 spiro atoms. The Morgan fingerprint density at radius 2 is 1.83 bits per heavy atom. The van der Waals surface area contributed by atoms with Crippen molar-refractivity contribution in [1.29, 1.82) is 0 Å². The van der Waals surface area contributed by atoms with E-state index < -0.39 is 0 Å². The van der Waals surface area contributed by atoms with Crippen molar-refractivity contribution >= 4 is 33.1 Å². The molecular formula is C24H28N4OS. The predicted molar refractivity (Wildman–Crippen MR) is 123 cm³/mol. The molecule has 3 aromatic rings. The maximum absolute atomic E-state index is 13.4. The fourth-order valence-corrected chi connectivity index (χ4v) is 5.76. The summed E-state index contributed by atoms with van der Waals surface area (Å²) in [5.74, 6) is 0.229. The highest BCUT2D eigenvalue weighted by molar-refractivity contribution is 7.18. The molecule has 2 aliphatic heterocycles. The van der Waals surface area contributed by atoms with Gasteiger partial charge in [-0.2, -0.15) is 0 Å². The Balaban J connectivity index is 1.20. The Hall–Kier alpha value is -2.28. The Labute approximate surface area is 181 Å². The highest BCUT2D eigenvalue weighted by Gasteiger charge is 2.35. The summed E-state index contributed by atoms with van der Waals surface area (Å²) in [5.41, 5.74) is 3.47. The molecule has 1 amide bonds. The van der Waals surface area contributed by atoms with Gasteiger partial charge < -0.3 is 4.90 Å². The third-order valence-corrected chi connectivity index (χ3v) is 7.47. The van der Waals surface area contributed by atoms with Crippen LogP contribution in [0.2, 0.25) is 0 Å². The SMILES string of the molecule is C[C@@H]1Cc2ccccc2N1C(=O)[C@H](C)N1CCN(Cc2nc3ccccc3s2)CC1. The van der Waals surface area contributed by atoms with Crippen LogP contribution in [0.5, 0.6) is 0 Å². The van der Waals surface area contributed by atoms with Crippen LogP contribution in [-0.4, -0.2) is 59.0 Å². The lowest BCUT2D eigenvalue weighted by molar-refractivity contribution is -0.124. The van der Waals surface area contributed by atoms with Gasteiger partial charge in [-0.05, 0) is 44.0 Å². The van der Waals surface area contributed by atoms with Crippen molar-refractivity contribution in [2.75, 3.05) is 31.1 Å². The van der Waals surface area contributed by atoms with E-state index in [0.717, 1.165) is 50.3 Å². The first-order chi connectivity index (χ1) is 14.6. The zero-order valence-electron chi connectivity index (χ0n) is 17.6. The van der Waals surface area contributed by atoms with E-state index in [9.17, 15) is 4.79 Å². The van der Waals surface area contributed by atoms with Crippen LogP contribution in [-0.2, 0) is 17.8 Å². The fraction of sp³-hybridized carbons (Fsp3) is 0.417. The number of hydrogen-bond donors (Lipinski definition) is 0. The second kappa shape index (κ2) is 8.10. The van der Waals surface area contributed by atoms with Crippen molar-refractivity contribution < 1.29 is 4.79 Å². The highest BCUT2D eigenvalue weighted by Crippen LogP contribution is 2.33. The van der Waals surface area contributed by atoms with Crippen molar-refractivity contribution in [3.63, 3.8) is 0 Å². The Bertz CT molecular complexity index is 1020. The number of carbonyl (C=O) groups excluding carboxylic acids is 1. The molecule has 1 fully saturated rings. The smallest absolute Gasteiger partial charge is 0.244 e. The summed E-state index contributed by atoms with van der Waals surface area (Å²) in [6.45, 7) is 8.90. The molecule has 6 heteroatoms. The first kappa shape index (κ1) is 19.7. The molecule has 2 atom stereocenters. The van der Waals surface area contributed by atoms with E-state index >= 15 is 0 Å². The van der Waals surface area contributed by atoms with Crippen molar-refractivity contribution in [3.8, 4) is 0 Å². The molecule has 0 N–H and O–H groups in total. The zero-order valence-corrected chi connectivity index (χ0v) is 18.4. The standard InChI is InChI=1S/C24H28N4OS/c1-17-15-19-7-3-5-9-21(19)28(17)24(29)18(2)27-13-11-26(12-14-27)16-23-25-20-8-4-6-10-22(20)30-23/h3-10,17-18H,11-16H2,1-2H3/t17-,18+/m1/s1. The maximum Gasteiger partial charge on any atom is 0.244 e. The molecule has 0 radical (unpaired) electrons. The van der Waals surface area contributed by atoms with Crippen LogP contribution in [0.3, 0.4) is 0 Å². The molecule has 1 aromatic heterocycles. The van der Waals surface area contributed by atoms with Gasteiger partial charge in [-0.15, -0.1) is 11.3 Å². The number of hydrogen-bond acceptors (Lipinski definition) is 5. The van der Waals surface area contributed by atoms with E-state index in [0.29, 0.717) is 0 Å². The molecule has 2 aliphatic rings. The first-order valence-electron chi connectivity index (χ1n) is 10.8. The van der Waals surface area contributed by atoms with Crippen molar-refractivity contribution in [3.05, 3.63) is 59.1 Å². The van der Waals surface area contributed by atoms with Crippen LogP contribution in [0.4, 0.5) is 5.69 Å². The lowest BCUT2D eigenvalue weighted by Crippen LogP contribution is -2.55. The van der Waals surface area contributed by atoms with Crippen LogP contribution in [0.25, 0.3) is 10.2 Å². The average molecular weight is 421 g/mol. The van der Waals surface area contributed by atoms with Crippen LogP contribution in [0.1, 0.15) is 24.4 Å². The van der Waals surface area contributed by atoms with Crippen LogP contribution in [0, 0.1) is 0 Å².